The Bertz CT molecular complexity index is 579. The van der Waals surface area contributed by atoms with Crippen molar-refractivity contribution in [3.8, 4) is 0 Å². The zero-order valence-corrected chi connectivity index (χ0v) is 13.9. The SMILES string of the molecule is O=C(Cc1cnccn1)NCC1CN(C(=O)CC2OCCO2)CCO1. The van der Waals surface area contributed by atoms with E-state index in [0.717, 1.165) is 0 Å². The van der Waals surface area contributed by atoms with E-state index in [0.29, 0.717) is 45.1 Å². The molecule has 0 aliphatic carbocycles. The third-order valence-corrected chi connectivity index (χ3v) is 4.01. The molecule has 2 aliphatic rings. The van der Waals surface area contributed by atoms with Crippen LogP contribution in [0.3, 0.4) is 0 Å². The maximum Gasteiger partial charge on any atom is 0.227 e. The third-order valence-electron chi connectivity index (χ3n) is 4.01. The van der Waals surface area contributed by atoms with Gasteiger partial charge in [0.05, 0.1) is 44.5 Å². The van der Waals surface area contributed by atoms with Gasteiger partial charge >= 0.3 is 0 Å². The number of amides is 2. The minimum Gasteiger partial charge on any atom is -0.373 e. The van der Waals surface area contributed by atoms with Crippen molar-refractivity contribution in [1.82, 2.24) is 20.2 Å². The van der Waals surface area contributed by atoms with E-state index < -0.39 is 6.29 Å². The number of hydrogen-bond acceptors (Lipinski definition) is 7. The average molecular weight is 350 g/mol. The molecule has 25 heavy (non-hydrogen) atoms. The van der Waals surface area contributed by atoms with Crippen LogP contribution < -0.4 is 5.32 Å². The van der Waals surface area contributed by atoms with E-state index in [9.17, 15) is 9.59 Å². The van der Waals surface area contributed by atoms with Gasteiger partial charge in [-0.25, -0.2) is 0 Å². The summed E-state index contributed by atoms with van der Waals surface area (Å²) < 4.78 is 16.2. The summed E-state index contributed by atoms with van der Waals surface area (Å²) in [6, 6.07) is 0. The summed E-state index contributed by atoms with van der Waals surface area (Å²) in [6.45, 7) is 2.83. The average Bonchev–Trinajstić information content (AvgIpc) is 3.14. The molecule has 1 aromatic heterocycles. The molecule has 0 bridgehead atoms. The largest absolute Gasteiger partial charge is 0.373 e. The first-order chi connectivity index (χ1) is 12.2. The summed E-state index contributed by atoms with van der Waals surface area (Å²) in [5.74, 6) is -0.175. The number of hydrogen-bond donors (Lipinski definition) is 1. The first-order valence-corrected chi connectivity index (χ1v) is 8.35. The van der Waals surface area contributed by atoms with Crippen LogP contribution in [0.5, 0.6) is 0 Å². The van der Waals surface area contributed by atoms with Crippen LogP contribution in [0, 0.1) is 0 Å². The van der Waals surface area contributed by atoms with Crippen LogP contribution in [0.4, 0.5) is 0 Å². The molecule has 0 radical (unpaired) electrons. The highest BCUT2D eigenvalue weighted by Crippen LogP contribution is 2.12. The van der Waals surface area contributed by atoms with Gasteiger partial charge in [0.15, 0.2) is 6.29 Å². The lowest BCUT2D eigenvalue weighted by Crippen LogP contribution is -2.50. The predicted octanol–water partition coefficient (Wildman–Crippen LogP) is -0.874. The monoisotopic (exact) mass is 350 g/mol. The second kappa shape index (κ2) is 8.84. The maximum absolute atomic E-state index is 12.3. The van der Waals surface area contributed by atoms with E-state index in [1.54, 1.807) is 23.5 Å². The molecule has 3 rings (SSSR count). The molecule has 9 heteroatoms. The minimum absolute atomic E-state index is 0.0221. The lowest BCUT2D eigenvalue weighted by atomic mass is 10.2. The van der Waals surface area contributed by atoms with Crippen LogP contribution in [0.2, 0.25) is 0 Å². The van der Waals surface area contributed by atoms with Crippen molar-refractivity contribution in [3.05, 3.63) is 24.3 Å². The topological polar surface area (TPSA) is 103 Å². The van der Waals surface area contributed by atoms with E-state index in [-0.39, 0.29) is 30.8 Å². The number of ether oxygens (including phenoxy) is 3. The van der Waals surface area contributed by atoms with Crippen LogP contribution in [-0.4, -0.2) is 78.5 Å². The zero-order chi connectivity index (χ0) is 17.5. The molecule has 0 spiro atoms. The highest BCUT2D eigenvalue weighted by atomic mass is 16.7. The van der Waals surface area contributed by atoms with E-state index in [4.69, 9.17) is 14.2 Å². The maximum atomic E-state index is 12.3. The Morgan fingerprint density at radius 1 is 1.20 bits per heavy atom. The van der Waals surface area contributed by atoms with Gasteiger partial charge in [0.2, 0.25) is 11.8 Å². The molecule has 2 saturated heterocycles. The smallest absolute Gasteiger partial charge is 0.227 e. The number of carbonyl (C=O) groups is 2. The van der Waals surface area contributed by atoms with Gasteiger partial charge in [0, 0.05) is 38.2 Å². The van der Waals surface area contributed by atoms with Crippen molar-refractivity contribution >= 4 is 11.8 Å². The lowest BCUT2D eigenvalue weighted by molar-refractivity contribution is -0.146. The second-order valence-electron chi connectivity index (χ2n) is 5.89. The van der Waals surface area contributed by atoms with Crippen LogP contribution >= 0.6 is 0 Å². The van der Waals surface area contributed by atoms with Crippen LogP contribution in [-0.2, 0) is 30.2 Å². The molecule has 2 amide bonds. The Morgan fingerprint density at radius 2 is 2.04 bits per heavy atom. The molecular formula is C16H22N4O5. The number of aromatic nitrogens is 2. The number of nitrogens with zero attached hydrogens (tertiary/aromatic N) is 3. The Labute approximate surface area is 145 Å². The molecule has 1 atom stereocenters. The highest BCUT2D eigenvalue weighted by molar-refractivity contribution is 5.78. The summed E-state index contributed by atoms with van der Waals surface area (Å²) in [6.07, 6.45) is 4.38. The molecule has 136 valence electrons. The third kappa shape index (κ3) is 5.45. The van der Waals surface area contributed by atoms with Crippen molar-refractivity contribution in [2.24, 2.45) is 0 Å². The summed E-state index contributed by atoms with van der Waals surface area (Å²) >= 11 is 0. The van der Waals surface area contributed by atoms with Crippen molar-refractivity contribution in [1.29, 1.82) is 0 Å². The summed E-state index contributed by atoms with van der Waals surface area (Å²) in [7, 11) is 0. The van der Waals surface area contributed by atoms with Gasteiger partial charge in [-0.3, -0.25) is 19.6 Å². The first kappa shape index (κ1) is 17.7. The van der Waals surface area contributed by atoms with Gasteiger partial charge < -0.3 is 24.4 Å². The zero-order valence-electron chi connectivity index (χ0n) is 13.9. The normalized spacial score (nSPS) is 21.3. The molecule has 3 heterocycles. The van der Waals surface area contributed by atoms with Gasteiger partial charge in [0.1, 0.15) is 0 Å². The summed E-state index contributed by atoms with van der Waals surface area (Å²) in [5, 5.41) is 2.81. The fourth-order valence-electron chi connectivity index (χ4n) is 2.74. The number of nitrogens with one attached hydrogen (secondary N) is 1. The molecule has 0 saturated carbocycles. The van der Waals surface area contributed by atoms with E-state index in [1.807, 2.05) is 0 Å². The molecule has 2 aliphatic heterocycles. The van der Waals surface area contributed by atoms with Gasteiger partial charge in [-0.2, -0.15) is 0 Å². The molecule has 2 fully saturated rings. The number of rotatable bonds is 6. The van der Waals surface area contributed by atoms with E-state index in [2.05, 4.69) is 15.3 Å². The Morgan fingerprint density at radius 3 is 2.80 bits per heavy atom. The lowest BCUT2D eigenvalue weighted by Gasteiger charge is -2.33. The minimum atomic E-state index is -0.444. The van der Waals surface area contributed by atoms with E-state index >= 15 is 0 Å². The van der Waals surface area contributed by atoms with Gasteiger partial charge in [-0.15, -0.1) is 0 Å². The van der Waals surface area contributed by atoms with E-state index in [1.165, 1.54) is 0 Å². The van der Waals surface area contributed by atoms with Crippen molar-refractivity contribution < 1.29 is 23.8 Å². The second-order valence-corrected chi connectivity index (χ2v) is 5.89. The number of carbonyl (C=O) groups excluding carboxylic acids is 2. The molecule has 0 aromatic carbocycles. The summed E-state index contributed by atoms with van der Waals surface area (Å²) in [4.78, 5) is 34.0. The predicted molar refractivity (Wildman–Crippen MR) is 85.4 cm³/mol. The Kier molecular flexibility index (Phi) is 6.26. The Balaban J connectivity index is 1.40. The van der Waals surface area contributed by atoms with Crippen molar-refractivity contribution in [2.45, 2.75) is 25.2 Å². The summed E-state index contributed by atoms with van der Waals surface area (Å²) in [5.41, 5.74) is 0.609. The Hall–Kier alpha value is -2.10. The standard InChI is InChI=1S/C16H22N4O5/c21-14(7-12-9-17-1-2-18-12)19-10-13-11-20(3-4-23-13)15(22)8-16-24-5-6-25-16/h1-2,9,13,16H,3-8,10-11H2,(H,19,21). The highest BCUT2D eigenvalue weighted by Gasteiger charge is 2.28. The molecule has 1 unspecified atom stereocenters. The van der Waals surface area contributed by atoms with Crippen LogP contribution in [0.15, 0.2) is 18.6 Å². The fourth-order valence-corrected chi connectivity index (χ4v) is 2.74. The molecule has 1 N–H and O–H groups in total. The van der Waals surface area contributed by atoms with Gasteiger partial charge in [0.25, 0.3) is 0 Å². The molecular weight excluding hydrogens is 328 g/mol. The van der Waals surface area contributed by atoms with Gasteiger partial charge in [-0.05, 0) is 0 Å². The van der Waals surface area contributed by atoms with Crippen molar-refractivity contribution in [2.75, 3.05) is 39.5 Å². The van der Waals surface area contributed by atoms with Crippen molar-refractivity contribution in [3.63, 3.8) is 0 Å². The quantitative estimate of drug-likeness (QED) is 0.711. The number of morpholine rings is 1. The van der Waals surface area contributed by atoms with Gasteiger partial charge in [-0.1, -0.05) is 0 Å². The fraction of sp³-hybridized carbons (Fsp3) is 0.625. The van der Waals surface area contributed by atoms with Crippen LogP contribution in [0.1, 0.15) is 12.1 Å². The molecule has 1 aromatic rings. The molecule has 9 nitrogen and oxygen atoms in total. The first-order valence-electron chi connectivity index (χ1n) is 8.35. The van der Waals surface area contributed by atoms with Crippen LogP contribution in [0.25, 0.3) is 0 Å².